The number of aromatic nitrogens is 1. The first-order valence-electron chi connectivity index (χ1n) is 10.4. The Morgan fingerprint density at radius 2 is 2.15 bits per heavy atom. The van der Waals surface area contributed by atoms with Gasteiger partial charge in [0.15, 0.2) is 9.84 Å². The average molecular weight is 473 g/mol. The van der Waals surface area contributed by atoms with E-state index >= 15 is 0 Å². The number of benzene rings is 1. The van der Waals surface area contributed by atoms with Crippen LogP contribution in [-0.4, -0.2) is 75.7 Å². The normalized spacial score (nSPS) is 17.7. The van der Waals surface area contributed by atoms with E-state index in [1.54, 1.807) is 18.3 Å². The third-order valence-corrected chi connectivity index (χ3v) is 6.21. The molecule has 0 radical (unpaired) electrons. The van der Waals surface area contributed by atoms with Crippen molar-refractivity contribution < 1.29 is 27.4 Å². The van der Waals surface area contributed by atoms with Crippen LogP contribution in [0.4, 0.5) is 11.4 Å². The van der Waals surface area contributed by atoms with Gasteiger partial charge in [-0.2, -0.15) is 5.26 Å². The van der Waals surface area contributed by atoms with E-state index in [0.29, 0.717) is 49.7 Å². The van der Waals surface area contributed by atoms with Crippen LogP contribution < -0.4 is 19.1 Å². The average Bonchev–Trinajstić information content (AvgIpc) is 3.26. The van der Waals surface area contributed by atoms with Gasteiger partial charge in [-0.05, 0) is 18.2 Å². The van der Waals surface area contributed by atoms with E-state index in [9.17, 15) is 18.5 Å². The van der Waals surface area contributed by atoms with E-state index in [0.717, 1.165) is 17.6 Å². The highest BCUT2D eigenvalue weighted by molar-refractivity contribution is 7.91. The van der Waals surface area contributed by atoms with E-state index in [1.165, 1.54) is 12.0 Å². The number of likely N-dealkylation sites (tertiary alicyclic amines) is 1. The molecule has 1 aromatic heterocycles. The first-order chi connectivity index (χ1) is 15.8. The fourth-order valence-electron chi connectivity index (χ4n) is 3.93. The van der Waals surface area contributed by atoms with Crippen LogP contribution in [0.1, 0.15) is 12.0 Å². The smallest absolute Gasteiger partial charge is 0.237 e. The molecule has 2 aliphatic rings. The molecule has 11 heteroatoms. The van der Waals surface area contributed by atoms with Crippen LogP contribution in [0, 0.1) is 11.3 Å². The lowest BCUT2D eigenvalue weighted by Crippen LogP contribution is -2.35. The predicted molar refractivity (Wildman–Crippen MR) is 120 cm³/mol. The van der Waals surface area contributed by atoms with Crippen molar-refractivity contribution in [1.82, 2.24) is 9.88 Å². The molecule has 4 rings (SSSR count). The van der Waals surface area contributed by atoms with E-state index in [4.69, 9.17) is 14.2 Å². The molecule has 1 aromatic carbocycles. The molecule has 0 saturated carbocycles. The summed E-state index contributed by atoms with van der Waals surface area (Å²) in [6, 6.07) is 9.29. The summed E-state index contributed by atoms with van der Waals surface area (Å²) in [5.74, 6) is 0.649. The zero-order valence-corrected chi connectivity index (χ0v) is 19.2. The first-order valence-corrected chi connectivity index (χ1v) is 12.4. The maximum atomic E-state index is 12.2. The lowest BCUT2D eigenvalue weighted by Gasteiger charge is -2.31. The van der Waals surface area contributed by atoms with Gasteiger partial charge < -0.3 is 24.0 Å². The number of pyridine rings is 1. The highest BCUT2D eigenvalue weighted by Crippen LogP contribution is 2.40. The van der Waals surface area contributed by atoms with Crippen molar-refractivity contribution in [3.05, 3.63) is 36.0 Å². The number of carbonyl (C=O) groups excluding carboxylic acids is 1. The Morgan fingerprint density at radius 1 is 1.33 bits per heavy atom. The topological polar surface area (TPSA) is 122 Å². The number of sulfone groups is 1. The fraction of sp³-hybridized carbons (Fsp3) is 0.409. The van der Waals surface area contributed by atoms with Crippen molar-refractivity contribution in [3.8, 4) is 23.4 Å². The molecular formula is C22H24N4O6S. The number of rotatable bonds is 6. The van der Waals surface area contributed by atoms with Crippen LogP contribution in [0.2, 0.25) is 0 Å². The summed E-state index contributed by atoms with van der Waals surface area (Å²) in [4.78, 5) is 19.9. The molecule has 0 spiro atoms. The van der Waals surface area contributed by atoms with Gasteiger partial charge in [-0.1, -0.05) is 0 Å². The molecule has 174 valence electrons. The summed E-state index contributed by atoms with van der Waals surface area (Å²) in [5.41, 5.74) is 1.84. The quantitative estimate of drug-likeness (QED) is 0.616. The zero-order chi connectivity index (χ0) is 23.6. The van der Waals surface area contributed by atoms with Crippen molar-refractivity contribution >= 4 is 27.1 Å². The van der Waals surface area contributed by atoms with Gasteiger partial charge in [-0.15, -0.1) is 0 Å². The highest BCUT2D eigenvalue weighted by Gasteiger charge is 2.30. The van der Waals surface area contributed by atoms with E-state index in [2.05, 4.69) is 11.1 Å². The summed E-state index contributed by atoms with van der Waals surface area (Å²) < 4.78 is 39.8. The van der Waals surface area contributed by atoms with Crippen LogP contribution in [0.3, 0.4) is 0 Å². The summed E-state index contributed by atoms with van der Waals surface area (Å²) >= 11 is 0. The molecule has 33 heavy (non-hydrogen) atoms. The Kier molecular flexibility index (Phi) is 6.29. The van der Waals surface area contributed by atoms with Crippen molar-refractivity contribution in [2.45, 2.75) is 12.5 Å². The minimum Gasteiger partial charge on any atom is -0.490 e. The number of hydrogen-bond donors (Lipinski definition) is 0. The lowest BCUT2D eigenvalue weighted by molar-refractivity contribution is -0.127. The van der Waals surface area contributed by atoms with Gasteiger partial charge in [-0.25, -0.2) is 13.4 Å². The third kappa shape index (κ3) is 5.12. The largest absolute Gasteiger partial charge is 0.490 e. The first kappa shape index (κ1) is 22.7. The summed E-state index contributed by atoms with van der Waals surface area (Å²) in [5, 5.41) is 9.40. The minimum atomic E-state index is -3.37. The molecule has 1 unspecified atom stereocenters. The van der Waals surface area contributed by atoms with Crippen molar-refractivity contribution in [2.75, 3.05) is 50.3 Å². The highest BCUT2D eigenvalue weighted by atomic mass is 32.2. The number of amides is 1. The number of fused-ring (bicyclic) bond motifs is 1. The molecule has 1 atom stereocenters. The van der Waals surface area contributed by atoms with Crippen LogP contribution in [-0.2, 0) is 14.6 Å². The van der Waals surface area contributed by atoms with Gasteiger partial charge in [0.05, 0.1) is 37.8 Å². The summed E-state index contributed by atoms with van der Waals surface area (Å²) in [7, 11) is -1.91. The SMILES string of the molecule is COc1ncc(N2CCOc3ccc(OC4CCN(C(=O)CS(C)(=O)=O)C4)cc32)cc1C#N. The number of carbonyl (C=O) groups is 1. The van der Waals surface area contributed by atoms with E-state index < -0.39 is 21.5 Å². The van der Waals surface area contributed by atoms with E-state index in [-0.39, 0.29) is 12.0 Å². The molecule has 2 aliphatic heterocycles. The third-order valence-electron chi connectivity index (χ3n) is 5.44. The number of nitriles is 1. The van der Waals surface area contributed by atoms with E-state index in [1.807, 2.05) is 17.0 Å². The number of methoxy groups -OCH3 is 1. The Morgan fingerprint density at radius 3 is 2.88 bits per heavy atom. The second-order valence-electron chi connectivity index (χ2n) is 7.93. The number of hydrogen-bond acceptors (Lipinski definition) is 9. The zero-order valence-electron chi connectivity index (χ0n) is 18.4. The Hall–Kier alpha value is -3.52. The molecule has 10 nitrogen and oxygen atoms in total. The monoisotopic (exact) mass is 472 g/mol. The maximum absolute atomic E-state index is 12.2. The molecule has 1 amide bonds. The van der Waals surface area contributed by atoms with Gasteiger partial charge in [0.1, 0.15) is 41.6 Å². The second-order valence-corrected chi connectivity index (χ2v) is 10.1. The number of ether oxygens (including phenoxy) is 3. The molecular weight excluding hydrogens is 448 g/mol. The molecule has 0 aliphatic carbocycles. The number of nitrogens with zero attached hydrogens (tertiary/aromatic N) is 4. The second kappa shape index (κ2) is 9.15. The molecule has 1 fully saturated rings. The number of anilines is 2. The van der Waals surface area contributed by atoms with Crippen molar-refractivity contribution in [3.63, 3.8) is 0 Å². The summed E-state index contributed by atoms with van der Waals surface area (Å²) in [6.07, 6.45) is 3.07. The van der Waals surface area contributed by atoms with Crippen LogP contribution in [0.5, 0.6) is 17.4 Å². The van der Waals surface area contributed by atoms with Crippen LogP contribution in [0.25, 0.3) is 0 Å². The van der Waals surface area contributed by atoms with Gasteiger partial charge >= 0.3 is 0 Å². The molecule has 0 N–H and O–H groups in total. The van der Waals surface area contributed by atoms with Gasteiger partial charge in [0.2, 0.25) is 11.8 Å². The van der Waals surface area contributed by atoms with Crippen molar-refractivity contribution in [2.24, 2.45) is 0 Å². The Labute approximate surface area is 192 Å². The molecule has 1 saturated heterocycles. The minimum absolute atomic E-state index is 0.239. The van der Waals surface area contributed by atoms with Crippen LogP contribution >= 0.6 is 0 Å². The summed E-state index contributed by atoms with van der Waals surface area (Å²) in [6.45, 7) is 1.82. The van der Waals surface area contributed by atoms with Crippen molar-refractivity contribution in [1.29, 1.82) is 5.26 Å². The Bertz CT molecular complexity index is 1210. The molecule has 0 bridgehead atoms. The fourth-order valence-corrected chi connectivity index (χ4v) is 4.56. The predicted octanol–water partition coefficient (Wildman–Crippen LogP) is 1.52. The lowest BCUT2D eigenvalue weighted by atomic mass is 10.2. The van der Waals surface area contributed by atoms with Gasteiger partial charge in [0, 0.05) is 25.3 Å². The van der Waals surface area contributed by atoms with Gasteiger partial charge in [0.25, 0.3) is 0 Å². The van der Waals surface area contributed by atoms with Gasteiger partial charge in [-0.3, -0.25) is 4.79 Å². The molecule has 2 aromatic rings. The molecule has 3 heterocycles. The maximum Gasteiger partial charge on any atom is 0.237 e. The van der Waals surface area contributed by atoms with Crippen LogP contribution in [0.15, 0.2) is 30.5 Å². The Balaban J connectivity index is 1.51. The standard InChI is InChI=1S/C22H24N4O6S/c1-30-22-15(11-23)9-16(12-24-22)26-7-8-31-20-4-3-17(10-19(20)26)32-18-5-6-25(13-18)21(27)14-33(2,28)29/h3-4,9-10,12,18H,5-8,13-14H2,1-2H3.